The van der Waals surface area contributed by atoms with Crippen molar-refractivity contribution in [2.24, 2.45) is 0 Å². The predicted octanol–water partition coefficient (Wildman–Crippen LogP) is 1.82. The highest BCUT2D eigenvalue weighted by atomic mass is 35.5. The number of hydrogen-bond acceptors (Lipinski definition) is 5. The Labute approximate surface area is 141 Å². The van der Waals surface area contributed by atoms with Gasteiger partial charge < -0.3 is 9.47 Å². The minimum atomic E-state index is -3.82. The van der Waals surface area contributed by atoms with E-state index in [2.05, 4.69) is 4.74 Å². The molecule has 0 spiro atoms. The average Bonchev–Trinajstić information content (AvgIpc) is 2.83. The number of nitrogens with zero attached hydrogens (tertiary/aromatic N) is 2. The Hall–Kier alpha value is -1.77. The van der Waals surface area contributed by atoms with Gasteiger partial charge in [-0.1, -0.05) is 0 Å². The molecule has 24 heavy (non-hydrogen) atoms. The zero-order valence-electron chi connectivity index (χ0n) is 12.6. The fraction of sp³-hybridized carbons (Fsp3) is 0.467. The normalized spacial score (nSPS) is 23.0. The second-order valence-corrected chi connectivity index (χ2v) is 5.92. The second kappa shape index (κ2) is 6.62. The van der Waals surface area contributed by atoms with E-state index < -0.39 is 11.6 Å². The largest absolute Gasteiger partial charge is 0.487 e. The molecule has 0 radical (unpaired) electrons. The smallest absolute Gasteiger partial charge is 0.420 e. The van der Waals surface area contributed by atoms with Gasteiger partial charge in [-0.15, -0.1) is 8.78 Å². The van der Waals surface area contributed by atoms with Gasteiger partial charge in [-0.3, -0.25) is 14.5 Å². The molecule has 2 saturated heterocycles. The first-order chi connectivity index (χ1) is 11.3. The third-order valence-electron chi connectivity index (χ3n) is 3.94. The molecular weight excluding hydrogens is 346 g/mol. The van der Waals surface area contributed by atoms with Crippen molar-refractivity contribution in [2.75, 3.05) is 31.2 Å². The Bertz CT molecular complexity index is 629. The summed E-state index contributed by atoms with van der Waals surface area (Å²) in [5.74, 6) is -0.811. The van der Waals surface area contributed by atoms with Crippen molar-refractivity contribution in [3.05, 3.63) is 24.3 Å². The minimum Gasteiger partial charge on any atom is -0.420 e. The number of rotatable bonds is 4. The Morgan fingerprint density at radius 1 is 1.17 bits per heavy atom. The Kier molecular flexibility index (Phi) is 4.71. The van der Waals surface area contributed by atoms with Crippen molar-refractivity contribution in [1.29, 1.82) is 0 Å². The van der Waals surface area contributed by atoms with E-state index >= 15 is 0 Å². The maximum absolute atomic E-state index is 12.6. The van der Waals surface area contributed by atoms with Crippen LogP contribution < -0.4 is 9.64 Å². The van der Waals surface area contributed by atoms with Crippen LogP contribution in [0.2, 0.25) is 0 Å². The second-order valence-electron chi connectivity index (χ2n) is 5.48. The molecule has 1 aromatic rings. The van der Waals surface area contributed by atoms with Gasteiger partial charge in [0.05, 0.1) is 31.4 Å². The summed E-state index contributed by atoms with van der Waals surface area (Å²) < 4.78 is 34.7. The number of carbonyl (C=O) groups excluding carboxylic acids is 2. The molecule has 0 aliphatic carbocycles. The monoisotopic (exact) mass is 360 g/mol. The summed E-state index contributed by atoms with van der Waals surface area (Å²) in [6.45, 7) is 2.23. The van der Waals surface area contributed by atoms with E-state index in [1.807, 2.05) is 4.90 Å². The number of anilines is 1. The third-order valence-corrected chi connectivity index (χ3v) is 4.01. The molecule has 2 fully saturated rings. The minimum absolute atomic E-state index is 0.0941. The van der Waals surface area contributed by atoms with Crippen molar-refractivity contribution in [2.45, 2.75) is 18.0 Å². The Balaban J connectivity index is 1.74. The summed E-state index contributed by atoms with van der Waals surface area (Å²) >= 11 is 4.70. The van der Waals surface area contributed by atoms with Gasteiger partial charge in [0.1, 0.15) is 5.75 Å². The van der Waals surface area contributed by atoms with Crippen LogP contribution in [0.5, 0.6) is 5.75 Å². The first-order valence-corrected chi connectivity index (χ1v) is 7.77. The van der Waals surface area contributed by atoms with Crippen LogP contribution in [-0.4, -0.2) is 54.6 Å². The van der Waals surface area contributed by atoms with Crippen LogP contribution in [0.3, 0.4) is 0 Å². The highest BCUT2D eigenvalue weighted by Gasteiger charge is 2.43. The quantitative estimate of drug-likeness (QED) is 0.605. The molecule has 0 unspecified atom stereocenters. The summed E-state index contributed by atoms with van der Waals surface area (Å²) in [6.07, 6.45) is 0.0941. The molecule has 0 bridgehead atoms. The lowest BCUT2D eigenvalue weighted by molar-refractivity contribution is -0.123. The van der Waals surface area contributed by atoms with Gasteiger partial charge in [0, 0.05) is 24.7 Å². The lowest BCUT2D eigenvalue weighted by Crippen LogP contribution is -2.47. The van der Waals surface area contributed by atoms with Crippen molar-refractivity contribution in [3.8, 4) is 5.75 Å². The van der Waals surface area contributed by atoms with Crippen LogP contribution in [0.15, 0.2) is 24.3 Å². The fourth-order valence-corrected chi connectivity index (χ4v) is 2.95. The van der Waals surface area contributed by atoms with Gasteiger partial charge in [0.15, 0.2) is 0 Å². The molecule has 3 rings (SSSR count). The maximum atomic E-state index is 12.6. The van der Waals surface area contributed by atoms with Crippen LogP contribution in [0, 0.1) is 0 Å². The summed E-state index contributed by atoms with van der Waals surface area (Å²) in [5, 5.41) is 0. The molecule has 2 amide bonds. The van der Waals surface area contributed by atoms with Gasteiger partial charge >= 0.3 is 5.57 Å². The van der Waals surface area contributed by atoms with E-state index in [1.165, 1.54) is 24.3 Å². The van der Waals surface area contributed by atoms with Crippen molar-refractivity contribution >= 4 is 29.1 Å². The lowest BCUT2D eigenvalue weighted by Gasteiger charge is -2.30. The zero-order valence-corrected chi connectivity index (χ0v) is 13.3. The molecule has 2 heterocycles. The van der Waals surface area contributed by atoms with Gasteiger partial charge in [0.25, 0.3) is 5.91 Å². The summed E-state index contributed by atoms with van der Waals surface area (Å²) in [5.41, 5.74) is -3.51. The average molecular weight is 361 g/mol. The van der Waals surface area contributed by atoms with Gasteiger partial charge in [-0.05, 0) is 24.3 Å². The number of hydrogen-bond donors (Lipinski definition) is 0. The van der Waals surface area contributed by atoms with Crippen LogP contribution >= 0.6 is 11.6 Å². The first-order valence-electron chi connectivity index (χ1n) is 7.39. The summed E-state index contributed by atoms with van der Waals surface area (Å²) in [7, 11) is 0. The highest BCUT2D eigenvalue weighted by Crippen LogP contribution is 2.30. The van der Waals surface area contributed by atoms with Crippen LogP contribution in [0.1, 0.15) is 6.42 Å². The number of ether oxygens (including phenoxy) is 2. The van der Waals surface area contributed by atoms with Gasteiger partial charge in [-0.25, -0.2) is 4.90 Å². The van der Waals surface area contributed by atoms with E-state index in [-0.39, 0.29) is 24.0 Å². The SMILES string of the molecule is O=C1C[C@@H](N2CCOCC2)C(=O)N1c1ccc(OC(F)(F)Cl)cc1. The topological polar surface area (TPSA) is 59.1 Å². The molecule has 1 atom stereocenters. The van der Waals surface area contributed by atoms with Crippen molar-refractivity contribution in [1.82, 2.24) is 4.90 Å². The molecule has 0 aromatic heterocycles. The van der Waals surface area contributed by atoms with Gasteiger partial charge in [-0.2, -0.15) is 0 Å². The lowest BCUT2D eigenvalue weighted by atomic mass is 10.2. The van der Waals surface area contributed by atoms with Gasteiger partial charge in [0.2, 0.25) is 5.91 Å². The Morgan fingerprint density at radius 3 is 2.38 bits per heavy atom. The van der Waals surface area contributed by atoms with Crippen LogP contribution in [0.25, 0.3) is 0 Å². The van der Waals surface area contributed by atoms with E-state index in [0.717, 1.165) is 4.90 Å². The third kappa shape index (κ3) is 3.66. The maximum Gasteiger partial charge on any atom is 0.487 e. The highest BCUT2D eigenvalue weighted by molar-refractivity contribution is 6.22. The van der Waals surface area contributed by atoms with E-state index in [1.54, 1.807) is 0 Å². The number of alkyl halides is 3. The first kappa shape index (κ1) is 17.1. The zero-order chi connectivity index (χ0) is 17.3. The molecule has 9 heteroatoms. The number of carbonyl (C=O) groups is 2. The standard InChI is InChI=1S/C15H15ClF2N2O4/c16-15(17,18)24-11-3-1-10(2-4-11)20-13(21)9-12(14(20)22)19-5-7-23-8-6-19/h1-4,12H,5-9H2/t12-/m1/s1. The van der Waals surface area contributed by atoms with E-state index in [4.69, 9.17) is 16.3 Å². The number of benzene rings is 1. The van der Waals surface area contributed by atoms with E-state index in [0.29, 0.717) is 32.0 Å². The molecular formula is C15H15ClF2N2O4. The predicted molar refractivity (Wildman–Crippen MR) is 81.2 cm³/mol. The van der Waals surface area contributed by atoms with Crippen molar-refractivity contribution in [3.63, 3.8) is 0 Å². The molecule has 130 valence electrons. The molecule has 6 nitrogen and oxygen atoms in total. The summed E-state index contributed by atoms with van der Waals surface area (Å²) in [6, 6.07) is 4.69. The number of imide groups is 1. The molecule has 1 aromatic carbocycles. The van der Waals surface area contributed by atoms with Crippen LogP contribution in [-0.2, 0) is 14.3 Å². The van der Waals surface area contributed by atoms with Crippen LogP contribution in [0.4, 0.5) is 14.5 Å². The summed E-state index contributed by atoms with van der Waals surface area (Å²) in [4.78, 5) is 27.8. The Morgan fingerprint density at radius 2 is 1.79 bits per heavy atom. The molecule has 0 saturated carbocycles. The molecule has 0 N–H and O–H groups in total. The number of halogens is 3. The number of amides is 2. The number of morpholine rings is 1. The molecule has 2 aliphatic rings. The van der Waals surface area contributed by atoms with Crippen molar-refractivity contribution < 1.29 is 27.8 Å². The van der Waals surface area contributed by atoms with E-state index in [9.17, 15) is 18.4 Å². The molecule has 2 aliphatic heterocycles. The fourth-order valence-electron chi connectivity index (χ4n) is 2.86.